The highest BCUT2D eigenvalue weighted by molar-refractivity contribution is 7.09. The van der Waals surface area contributed by atoms with E-state index in [2.05, 4.69) is 15.3 Å². The summed E-state index contributed by atoms with van der Waals surface area (Å²) in [6, 6.07) is 10.7. The predicted octanol–water partition coefficient (Wildman–Crippen LogP) is 5.37. The molecule has 0 unspecified atom stereocenters. The number of hydrogen-bond acceptors (Lipinski definition) is 6. The van der Waals surface area contributed by atoms with Gasteiger partial charge in [0.15, 0.2) is 0 Å². The van der Waals surface area contributed by atoms with Crippen LogP contribution >= 0.6 is 22.9 Å². The smallest absolute Gasteiger partial charge is 0.211 e. The summed E-state index contributed by atoms with van der Waals surface area (Å²) in [7, 11) is 0. The van der Waals surface area contributed by atoms with Crippen molar-refractivity contribution in [2.45, 2.75) is 19.8 Å². The number of amides is 1. The number of aryl methyl sites for hydroxylation is 1. The molecule has 2 aromatic heterocycles. The summed E-state index contributed by atoms with van der Waals surface area (Å²) >= 11 is 7.88. The molecule has 0 saturated heterocycles. The summed E-state index contributed by atoms with van der Waals surface area (Å²) in [6.45, 7) is 1.90. The van der Waals surface area contributed by atoms with E-state index >= 15 is 0 Å². The first kappa shape index (κ1) is 21.0. The molecule has 0 atom stereocenters. The Bertz CT molecular complexity index is 1260. The molecule has 0 aliphatic carbocycles. The number of benzene rings is 2. The summed E-state index contributed by atoms with van der Waals surface area (Å²) in [6.07, 6.45) is 4.52. The third-order valence-electron chi connectivity index (χ3n) is 4.73. The summed E-state index contributed by atoms with van der Waals surface area (Å²) in [4.78, 5) is 31.7. The number of halogens is 1. The van der Waals surface area contributed by atoms with E-state index in [9.17, 15) is 9.59 Å². The van der Waals surface area contributed by atoms with Crippen LogP contribution in [0.25, 0.3) is 10.9 Å². The van der Waals surface area contributed by atoms with Gasteiger partial charge in [-0.3, -0.25) is 14.6 Å². The molecule has 2 heterocycles. The van der Waals surface area contributed by atoms with E-state index in [0.29, 0.717) is 35.0 Å². The molecule has 0 fully saturated rings. The van der Waals surface area contributed by atoms with Gasteiger partial charge >= 0.3 is 0 Å². The molecule has 2 aromatic carbocycles. The van der Waals surface area contributed by atoms with Crippen LogP contribution in [0.4, 0.5) is 5.69 Å². The number of ketones is 1. The highest BCUT2D eigenvalue weighted by Crippen LogP contribution is 2.33. The fourth-order valence-electron chi connectivity index (χ4n) is 3.23. The average Bonchev–Trinajstić information content (AvgIpc) is 3.24. The van der Waals surface area contributed by atoms with Crippen LogP contribution in [0.5, 0.6) is 11.5 Å². The first-order valence-corrected chi connectivity index (χ1v) is 10.7. The Kier molecular flexibility index (Phi) is 6.25. The maximum Gasteiger partial charge on any atom is 0.211 e. The number of fused-ring (bicyclic) bond motifs is 1. The molecule has 31 heavy (non-hydrogen) atoms. The Morgan fingerprint density at radius 2 is 2.03 bits per heavy atom. The van der Waals surface area contributed by atoms with Gasteiger partial charge in [0, 0.05) is 40.3 Å². The third-order valence-corrected chi connectivity index (χ3v) is 5.87. The van der Waals surface area contributed by atoms with Crippen LogP contribution < -0.4 is 10.1 Å². The second-order valence-corrected chi connectivity index (χ2v) is 8.32. The number of nitrogens with zero attached hydrogens (tertiary/aromatic N) is 2. The molecule has 0 radical (unpaired) electrons. The zero-order valence-electron chi connectivity index (χ0n) is 16.6. The Labute approximate surface area is 187 Å². The number of pyridine rings is 1. The van der Waals surface area contributed by atoms with Gasteiger partial charge in [-0.05, 0) is 48.4 Å². The highest BCUT2D eigenvalue weighted by atomic mass is 35.5. The minimum Gasteiger partial charge on any atom is -0.457 e. The summed E-state index contributed by atoms with van der Waals surface area (Å²) < 4.78 is 6.06. The summed E-state index contributed by atoms with van der Waals surface area (Å²) in [5, 5.41) is 6.56. The lowest BCUT2D eigenvalue weighted by Gasteiger charge is -2.12. The van der Waals surface area contributed by atoms with Crippen molar-refractivity contribution in [3.63, 3.8) is 0 Å². The molecule has 1 amide bonds. The van der Waals surface area contributed by atoms with E-state index in [4.69, 9.17) is 16.3 Å². The lowest BCUT2D eigenvalue weighted by molar-refractivity contribution is -0.117. The van der Waals surface area contributed by atoms with Crippen LogP contribution in [-0.2, 0) is 22.4 Å². The van der Waals surface area contributed by atoms with Crippen molar-refractivity contribution in [1.82, 2.24) is 9.97 Å². The molecule has 0 spiro atoms. The quantitative estimate of drug-likeness (QED) is 0.364. The van der Waals surface area contributed by atoms with Crippen LogP contribution in [0.3, 0.4) is 0 Å². The van der Waals surface area contributed by atoms with E-state index in [1.54, 1.807) is 36.7 Å². The minimum atomic E-state index is 0.0521. The minimum absolute atomic E-state index is 0.0521. The van der Waals surface area contributed by atoms with Gasteiger partial charge in [0.2, 0.25) is 6.41 Å². The van der Waals surface area contributed by atoms with Crippen molar-refractivity contribution in [3.05, 3.63) is 75.3 Å². The summed E-state index contributed by atoms with van der Waals surface area (Å²) in [5.41, 5.74) is 3.08. The number of anilines is 1. The Hall–Kier alpha value is -3.29. The Morgan fingerprint density at radius 3 is 2.77 bits per heavy atom. The molecule has 4 rings (SSSR count). The molecule has 0 bridgehead atoms. The maximum atomic E-state index is 12.3. The zero-order chi connectivity index (χ0) is 21.8. The molecule has 0 saturated carbocycles. The Morgan fingerprint density at radius 1 is 1.16 bits per heavy atom. The van der Waals surface area contributed by atoms with Crippen molar-refractivity contribution in [3.8, 4) is 11.5 Å². The number of nitrogens with one attached hydrogen (secondary N) is 1. The number of rotatable bonds is 8. The molecule has 0 aliphatic heterocycles. The van der Waals surface area contributed by atoms with Gasteiger partial charge in [0.25, 0.3) is 0 Å². The number of carbonyl (C=O) groups excluding carboxylic acids is 2. The predicted molar refractivity (Wildman–Crippen MR) is 122 cm³/mol. The van der Waals surface area contributed by atoms with Gasteiger partial charge < -0.3 is 10.1 Å². The second kappa shape index (κ2) is 9.24. The van der Waals surface area contributed by atoms with E-state index in [1.807, 2.05) is 24.4 Å². The molecule has 1 N–H and O–H groups in total. The topological polar surface area (TPSA) is 81.2 Å². The van der Waals surface area contributed by atoms with Gasteiger partial charge in [-0.15, -0.1) is 11.3 Å². The van der Waals surface area contributed by atoms with Crippen LogP contribution in [-0.4, -0.2) is 22.2 Å². The van der Waals surface area contributed by atoms with E-state index < -0.39 is 0 Å². The molecule has 4 aromatic rings. The van der Waals surface area contributed by atoms with Crippen LogP contribution in [0.2, 0.25) is 5.02 Å². The van der Waals surface area contributed by atoms with E-state index in [-0.39, 0.29) is 12.2 Å². The normalized spacial score (nSPS) is 10.8. The summed E-state index contributed by atoms with van der Waals surface area (Å²) in [5.74, 6) is 1.18. The van der Waals surface area contributed by atoms with Crippen molar-refractivity contribution in [2.24, 2.45) is 0 Å². The number of ether oxygens (including phenoxy) is 1. The van der Waals surface area contributed by atoms with E-state index in [0.717, 1.165) is 27.0 Å². The molecule has 8 heteroatoms. The van der Waals surface area contributed by atoms with E-state index in [1.165, 1.54) is 11.3 Å². The van der Waals surface area contributed by atoms with Crippen LogP contribution in [0, 0.1) is 6.92 Å². The SMILES string of the molecule is Cc1cc2nccc(Oc3ccc(CC(=O)Cc4nccs4)c(Cl)c3)c2cc1NC=O. The highest BCUT2D eigenvalue weighted by Gasteiger charge is 2.12. The first-order chi connectivity index (χ1) is 15.0. The largest absolute Gasteiger partial charge is 0.457 e. The fraction of sp³-hybridized carbons (Fsp3) is 0.130. The average molecular weight is 452 g/mol. The number of hydrogen-bond donors (Lipinski definition) is 1. The monoisotopic (exact) mass is 451 g/mol. The molecule has 156 valence electrons. The van der Waals surface area contributed by atoms with Crippen molar-refractivity contribution in [2.75, 3.05) is 5.32 Å². The zero-order valence-corrected chi connectivity index (χ0v) is 18.2. The molecule has 6 nitrogen and oxygen atoms in total. The lowest BCUT2D eigenvalue weighted by Crippen LogP contribution is -2.06. The van der Waals surface area contributed by atoms with Crippen LogP contribution in [0.15, 0.2) is 54.2 Å². The van der Waals surface area contributed by atoms with Crippen molar-refractivity contribution in [1.29, 1.82) is 0 Å². The number of carbonyl (C=O) groups is 2. The molecule has 0 aliphatic rings. The molecular weight excluding hydrogens is 434 g/mol. The fourth-order valence-corrected chi connectivity index (χ4v) is 4.11. The number of Topliss-reactive ketones (excluding diaryl/α,β-unsaturated/α-hetero) is 1. The van der Waals surface area contributed by atoms with Crippen molar-refractivity contribution >= 4 is 51.7 Å². The first-order valence-electron chi connectivity index (χ1n) is 9.49. The van der Waals surface area contributed by atoms with Crippen LogP contribution in [0.1, 0.15) is 16.1 Å². The molecular formula is C23H18ClN3O3S. The lowest BCUT2D eigenvalue weighted by atomic mass is 10.1. The van der Waals surface area contributed by atoms with Gasteiger partial charge in [-0.1, -0.05) is 17.7 Å². The Balaban J connectivity index is 1.55. The third kappa shape index (κ3) is 4.90. The maximum absolute atomic E-state index is 12.3. The van der Waals surface area contributed by atoms with Gasteiger partial charge in [-0.2, -0.15) is 0 Å². The second-order valence-electron chi connectivity index (χ2n) is 6.93. The number of aromatic nitrogens is 2. The van der Waals surface area contributed by atoms with Crippen molar-refractivity contribution < 1.29 is 14.3 Å². The van der Waals surface area contributed by atoms with Gasteiger partial charge in [-0.25, -0.2) is 4.98 Å². The van der Waals surface area contributed by atoms with Gasteiger partial charge in [0.1, 0.15) is 17.3 Å². The standard InChI is InChI=1S/C23H18ClN3O3S/c1-14-8-21-18(12-20(14)27-13-28)22(4-5-25-21)30-17-3-2-15(19(24)11-17)9-16(29)10-23-26-6-7-31-23/h2-8,11-13H,9-10H2,1H3,(H,27,28). The van der Waals surface area contributed by atoms with Gasteiger partial charge in [0.05, 0.1) is 16.9 Å². The number of thiazole rings is 1.